The largest absolute Gasteiger partial charge is 0.344 e. The molecule has 1 aliphatic heterocycles. The Hall–Kier alpha value is -1.46. The van der Waals surface area contributed by atoms with E-state index < -0.39 is 0 Å². The molecule has 1 aliphatic rings. The summed E-state index contributed by atoms with van der Waals surface area (Å²) in [5.41, 5.74) is 1.04. The molecule has 1 unspecified atom stereocenters. The Kier molecular flexibility index (Phi) is 3.01. The van der Waals surface area contributed by atoms with Gasteiger partial charge in [-0.25, -0.2) is 4.98 Å². The van der Waals surface area contributed by atoms with E-state index in [2.05, 4.69) is 16.4 Å². The SMILES string of the molecule is CN1CCC(NCc2nc3ccccc3s2)C1=O. The minimum atomic E-state index is -0.0398. The van der Waals surface area contributed by atoms with Crippen LogP contribution in [0, 0.1) is 0 Å². The minimum Gasteiger partial charge on any atom is -0.344 e. The molecule has 1 N–H and O–H groups in total. The van der Waals surface area contributed by atoms with Crippen LogP contribution < -0.4 is 5.32 Å². The van der Waals surface area contributed by atoms with E-state index in [0.29, 0.717) is 6.54 Å². The third-order valence-electron chi connectivity index (χ3n) is 3.27. The predicted molar refractivity (Wildman–Crippen MR) is 72.5 cm³/mol. The molecule has 1 atom stereocenters. The quantitative estimate of drug-likeness (QED) is 0.913. The van der Waals surface area contributed by atoms with Crippen LogP contribution in [0.15, 0.2) is 24.3 Å². The molecule has 0 radical (unpaired) electrons. The van der Waals surface area contributed by atoms with E-state index in [1.54, 1.807) is 16.2 Å². The van der Waals surface area contributed by atoms with Crippen molar-refractivity contribution >= 4 is 27.5 Å². The lowest BCUT2D eigenvalue weighted by Crippen LogP contribution is -2.36. The highest BCUT2D eigenvalue weighted by molar-refractivity contribution is 7.18. The molecule has 18 heavy (non-hydrogen) atoms. The fourth-order valence-electron chi connectivity index (χ4n) is 2.22. The lowest BCUT2D eigenvalue weighted by Gasteiger charge is -2.10. The first-order valence-corrected chi connectivity index (χ1v) is 6.88. The number of nitrogens with zero attached hydrogens (tertiary/aromatic N) is 2. The van der Waals surface area contributed by atoms with Gasteiger partial charge in [-0.15, -0.1) is 11.3 Å². The maximum Gasteiger partial charge on any atom is 0.239 e. The molecule has 5 heteroatoms. The number of amides is 1. The van der Waals surface area contributed by atoms with Crippen LogP contribution in [-0.4, -0.2) is 35.4 Å². The smallest absolute Gasteiger partial charge is 0.239 e. The third-order valence-corrected chi connectivity index (χ3v) is 4.30. The first-order valence-electron chi connectivity index (χ1n) is 6.07. The molecule has 2 heterocycles. The number of carbonyl (C=O) groups excluding carboxylic acids is 1. The van der Waals surface area contributed by atoms with Crippen molar-refractivity contribution in [1.29, 1.82) is 0 Å². The molecule has 1 fully saturated rings. The Morgan fingerprint density at radius 3 is 3.06 bits per heavy atom. The summed E-state index contributed by atoms with van der Waals surface area (Å²) in [6.45, 7) is 1.51. The number of rotatable bonds is 3. The van der Waals surface area contributed by atoms with Crippen molar-refractivity contribution in [3.05, 3.63) is 29.3 Å². The second-order valence-corrected chi connectivity index (χ2v) is 5.67. The molecule has 0 spiro atoms. The fourth-order valence-corrected chi connectivity index (χ4v) is 3.14. The van der Waals surface area contributed by atoms with Gasteiger partial charge < -0.3 is 4.90 Å². The zero-order valence-electron chi connectivity index (χ0n) is 10.2. The van der Waals surface area contributed by atoms with Crippen molar-refractivity contribution in [3.8, 4) is 0 Å². The maximum atomic E-state index is 11.7. The van der Waals surface area contributed by atoms with Gasteiger partial charge in [0.1, 0.15) is 5.01 Å². The monoisotopic (exact) mass is 261 g/mol. The van der Waals surface area contributed by atoms with Gasteiger partial charge in [0.2, 0.25) is 5.91 Å². The van der Waals surface area contributed by atoms with E-state index in [4.69, 9.17) is 0 Å². The van der Waals surface area contributed by atoms with E-state index in [0.717, 1.165) is 23.5 Å². The lowest BCUT2D eigenvalue weighted by atomic mass is 10.2. The van der Waals surface area contributed by atoms with Gasteiger partial charge in [-0.05, 0) is 18.6 Å². The van der Waals surface area contributed by atoms with Gasteiger partial charge in [-0.1, -0.05) is 12.1 Å². The number of likely N-dealkylation sites (tertiary alicyclic amines) is 1. The summed E-state index contributed by atoms with van der Waals surface area (Å²) in [6, 6.07) is 8.07. The van der Waals surface area contributed by atoms with E-state index in [1.807, 2.05) is 25.2 Å². The highest BCUT2D eigenvalue weighted by atomic mass is 32.1. The predicted octanol–water partition coefficient (Wildman–Crippen LogP) is 1.62. The van der Waals surface area contributed by atoms with Crippen molar-refractivity contribution in [2.45, 2.75) is 19.0 Å². The summed E-state index contributed by atoms with van der Waals surface area (Å²) in [7, 11) is 1.85. The van der Waals surface area contributed by atoms with Gasteiger partial charge in [0.05, 0.1) is 16.3 Å². The highest BCUT2D eigenvalue weighted by Gasteiger charge is 2.28. The zero-order chi connectivity index (χ0) is 12.5. The van der Waals surface area contributed by atoms with Crippen molar-refractivity contribution in [3.63, 3.8) is 0 Å². The fraction of sp³-hybridized carbons (Fsp3) is 0.385. The van der Waals surface area contributed by atoms with Gasteiger partial charge in [0, 0.05) is 20.1 Å². The second kappa shape index (κ2) is 4.66. The molecule has 94 valence electrons. The number of aromatic nitrogens is 1. The average molecular weight is 261 g/mol. The van der Waals surface area contributed by atoms with E-state index in [-0.39, 0.29) is 11.9 Å². The second-order valence-electron chi connectivity index (χ2n) is 4.56. The Labute approximate surface area is 110 Å². The molecule has 0 bridgehead atoms. The highest BCUT2D eigenvalue weighted by Crippen LogP contribution is 2.21. The standard InChI is InChI=1S/C13H15N3OS/c1-16-7-6-10(13(16)17)14-8-12-15-9-4-2-3-5-11(9)18-12/h2-5,10,14H,6-8H2,1H3. The van der Waals surface area contributed by atoms with E-state index >= 15 is 0 Å². The van der Waals surface area contributed by atoms with Crippen LogP contribution in [0.2, 0.25) is 0 Å². The Morgan fingerprint density at radius 2 is 2.33 bits per heavy atom. The molecule has 4 nitrogen and oxygen atoms in total. The molecule has 1 saturated heterocycles. The normalized spacial score (nSPS) is 19.9. The number of fused-ring (bicyclic) bond motifs is 1. The summed E-state index contributed by atoms with van der Waals surface area (Å²) in [4.78, 5) is 18.1. The maximum absolute atomic E-state index is 11.7. The van der Waals surface area contributed by atoms with Crippen LogP contribution in [0.3, 0.4) is 0 Å². The number of benzene rings is 1. The minimum absolute atomic E-state index is 0.0398. The number of hydrogen-bond donors (Lipinski definition) is 1. The van der Waals surface area contributed by atoms with Crippen LogP contribution in [0.5, 0.6) is 0 Å². The first kappa shape index (κ1) is 11.6. The summed E-state index contributed by atoms with van der Waals surface area (Å²) in [6.07, 6.45) is 0.889. The van der Waals surface area contributed by atoms with Gasteiger partial charge in [0.15, 0.2) is 0 Å². The Bertz CT molecular complexity index is 547. The van der Waals surface area contributed by atoms with Gasteiger partial charge in [-0.3, -0.25) is 10.1 Å². The number of hydrogen-bond acceptors (Lipinski definition) is 4. The number of para-hydroxylation sites is 1. The summed E-state index contributed by atoms with van der Waals surface area (Å²) < 4.78 is 1.20. The summed E-state index contributed by atoms with van der Waals surface area (Å²) in [5, 5.41) is 4.34. The molecule has 0 aliphatic carbocycles. The van der Waals surface area contributed by atoms with Crippen LogP contribution in [0.25, 0.3) is 10.2 Å². The molecule has 1 aromatic carbocycles. The van der Waals surface area contributed by atoms with Crippen molar-refractivity contribution in [2.75, 3.05) is 13.6 Å². The average Bonchev–Trinajstić information content (AvgIpc) is 2.92. The van der Waals surface area contributed by atoms with Crippen LogP contribution in [0.4, 0.5) is 0 Å². The van der Waals surface area contributed by atoms with Crippen LogP contribution >= 0.6 is 11.3 Å². The zero-order valence-corrected chi connectivity index (χ0v) is 11.0. The molecule has 2 aromatic rings. The van der Waals surface area contributed by atoms with Crippen molar-refractivity contribution in [1.82, 2.24) is 15.2 Å². The molecule has 1 amide bonds. The number of thiazole rings is 1. The lowest BCUT2D eigenvalue weighted by molar-refractivity contribution is -0.128. The number of carbonyl (C=O) groups is 1. The topological polar surface area (TPSA) is 45.2 Å². The van der Waals surface area contributed by atoms with Crippen molar-refractivity contribution < 1.29 is 4.79 Å². The van der Waals surface area contributed by atoms with Crippen LogP contribution in [0.1, 0.15) is 11.4 Å². The van der Waals surface area contributed by atoms with Gasteiger partial charge in [-0.2, -0.15) is 0 Å². The van der Waals surface area contributed by atoms with Gasteiger partial charge in [0.25, 0.3) is 0 Å². The molecular formula is C13H15N3OS. The number of likely N-dealkylation sites (N-methyl/N-ethyl adjacent to an activating group) is 1. The molecule has 0 saturated carbocycles. The van der Waals surface area contributed by atoms with Crippen LogP contribution in [-0.2, 0) is 11.3 Å². The molecule has 3 rings (SSSR count). The molecular weight excluding hydrogens is 246 g/mol. The Balaban J connectivity index is 1.68. The van der Waals surface area contributed by atoms with E-state index in [9.17, 15) is 4.79 Å². The van der Waals surface area contributed by atoms with E-state index in [1.165, 1.54) is 4.70 Å². The molecule has 1 aromatic heterocycles. The summed E-state index contributed by atoms with van der Waals surface area (Å²) in [5.74, 6) is 0.191. The van der Waals surface area contributed by atoms with Crippen molar-refractivity contribution in [2.24, 2.45) is 0 Å². The Morgan fingerprint density at radius 1 is 1.50 bits per heavy atom. The summed E-state index contributed by atoms with van der Waals surface area (Å²) >= 11 is 1.68. The first-order chi connectivity index (χ1) is 8.74. The number of nitrogens with one attached hydrogen (secondary N) is 1. The third kappa shape index (κ3) is 2.11. The van der Waals surface area contributed by atoms with Gasteiger partial charge >= 0.3 is 0 Å².